The summed E-state index contributed by atoms with van der Waals surface area (Å²) in [5.74, 6) is 0.189. The maximum atomic E-state index is 11.8. The van der Waals surface area contributed by atoms with Crippen molar-refractivity contribution in [2.75, 3.05) is 14.2 Å². The first-order valence-electron chi connectivity index (χ1n) is 7.29. The number of hydrogen-bond donors (Lipinski definition) is 0. The molecule has 0 amide bonds. The number of hydrogen-bond acceptors (Lipinski definition) is 4. The second-order valence-electron chi connectivity index (χ2n) is 4.99. The molecule has 20 heavy (non-hydrogen) atoms. The van der Waals surface area contributed by atoms with Gasteiger partial charge in [0, 0.05) is 7.11 Å². The van der Waals surface area contributed by atoms with E-state index in [1.54, 1.807) is 14.0 Å². The smallest absolute Gasteiger partial charge is 0.337 e. The summed E-state index contributed by atoms with van der Waals surface area (Å²) in [6, 6.07) is 0. The predicted molar refractivity (Wildman–Crippen MR) is 78.0 cm³/mol. The zero-order valence-electron chi connectivity index (χ0n) is 13.0. The van der Waals surface area contributed by atoms with Gasteiger partial charge < -0.3 is 14.2 Å². The van der Waals surface area contributed by atoms with Gasteiger partial charge in [0.1, 0.15) is 5.76 Å². The Hall–Kier alpha value is -1.29. The maximum absolute atomic E-state index is 11.8. The van der Waals surface area contributed by atoms with Crippen LogP contribution < -0.4 is 0 Å². The van der Waals surface area contributed by atoms with Crippen molar-refractivity contribution in [2.45, 2.75) is 52.2 Å². The van der Waals surface area contributed by atoms with Crippen LogP contribution in [-0.4, -0.2) is 26.5 Å². The molecule has 0 N–H and O–H groups in total. The van der Waals surface area contributed by atoms with Crippen molar-refractivity contribution in [1.29, 1.82) is 0 Å². The summed E-state index contributed by atoms with van der Waals surface area (Å²) in [7, 11) is 2.98. The lowest BCUT2D eigenvalue weighted by Gasteiger charge is -2.17. The first-order valence-corrected chi connectivity index (χ1v) is 7.29. The van der Waals surface area contributed by atoms with Crippen molar-refractivity contribution in [1.82, 2.24) is 0 Å². The van der Waals surface area contributed by atoms with Gasteiger partial charge in [-0.05, 0) is 26.2 Å². The molecule has 0 unspecified atom stereocenters. The van der Waals surface area contributed by atoms with Gasteiger partial charge in [-0.3, -0.25) is 0 Å². The average Bonchev–Trinajstić information content (AvgIpc) is 2.77. The van der Waals surface area contributed by atoms with E-state index in [9.17, 15) is 4.79 Å². The third kappa shape index (κ3) is 4.37. The van der Waals surface area contributed by atoms with E-state index in [4.69, 9.17) is 14.2 Å². The number of methoxy groups -OCH3 is 2. The SMILES string of the molecule is CCCCC/C=C/C[C@@H]1C(C(=O)OC)=C(C)O[C@H]1OC. The van der Waals surface area contributed by atoms with Gasteiger partial charge in [0.05, 0.1) is 18.6 Å². The molecular formula is C16H26O4. The highest BCUT2D eigenvalue weighted by molar-refractivity contribution is 5.90. The van der Waals surface area contributed by atoms with Crippen LogP contribution in [-0.2, 0) is 19.0 Å². The molecule has 114 valence electrons. The molecule has 0 fully saturated rings. The van der Waals surface area contributed by atoms with Gasteiger partial charge in [0.2, 0.25) is 6.29 Å². The molecule has 0 saturated carbocycles. The highest BCUT2D eigenvalue weighted by Gasteiger charge is 2.38. The number of unbranched alkanes of at least 4 members (excludes halogenated alkanes) is 3. The van der Waals surface area contributed by atoms with Crippen molar-refractivity contribution in [3.05, 3.63) is 23.5 Å². The van der Waals surface area contributed by atoms with Crippen LogP contribution in [0.2, 0.25) is 0 Å². The average molecular weight is 282 g/mol. The number of esters is 1. The molecular weight excluding hydrogens is 256 g/mol. The van der Waals surface area contributed by atoms with Gasteiger partial charge in [0.25, 0.3) is 0 Å². The Balaban J connectivity index is 2.61. The van der Waals surface area contributed by atoms with Crippen LogP contribution in [0.5, 0.6) is 0 Å². The highest BCUT2D eigenvalue weighted by atomic mass is 16.7. The van der Waals surface area contributed by atoms with Crippen molar-refractivity contribution >= 4 is 5.97 Å². The number of ether oxygens (including phenoxy) is 3. The normalized spacial score (nSPS) is 22.4. The molecule has 2 atom stereocenters. The molecule has 0 radical (unpaired) electrons. The van der Waals surface area contributed by atoms with E-state index in [-0.39, 0.29) is 11.9 Å². The van der Waals surface area contributed by atoms with Gasteiger partial charge in [0.15, 0.2) is 0 Å². The molecule has 0 aromatic rings. The van der Waals surface area contributed by atoms with E-state index in [1.165, 1.54) is 26.4 Å². The van der Waals surface area contributed by atoms with Crippen LogP contribution in [0.3, 0.4) is 0 Å². The second kappa shape index (κ2) is 8.80. The molecule has 0 aromatic heterocycles. The van der Waals surface area contributed by atoms with E-state index < -0.39 is 6.29 Å². The summed E-state index contributed by atoms with van der Waals surface area (Å²) in [5.41, 5.74) is 0.595. The monoisotopic (exact) mass is 282 g/mol. The van der Waals surface area contributed by atoms with Crippen LogP contribution in [0.1, 0.15) is 46.0 Å². The van der Waals surface area contributed by atoms with Crippen molar-refractivity contribution < 1.29 is 19.0 Å². The van der Waals surface area contributed by atoms with Gasteiger partial charge in [-0.15, -0.1) is 0 Å². The Morgan fingerprint density at radius 3 is 2.65 bits per heavy atom. The molecule has 0 spiro atoms. The molecule has 1 heterocycles. The fourth-order valence-electron chi connectivity index (χ4n) is 2.44. The minimum Gasteiger partial charge on any atom is -0.468 e. The zero-order valence-corrected chi connectivity index (χ0v) is 13.0. The van der Waals surface area contributed by atoms with E-state index in [1.807, 2.05) is 0 Å². The molecule has 0 aromatic carbocycles. The van der Waals surface area contributed by atoms with Gasteiger partial charge in [-0.25, -0.2) is 4.79 Å². The summed E-state index contributed by atoms with van der Waals surface area (Å²) < 4.78 is 15.7. The first-order chi connectivity index (χ1) is 9.65. The summed E-state index contributed by atoms with van der Waals surface area (Å²) in [6.45, 7) is 3.97. The third-order valence-electron chi connectivity index (χ3n) is 3.54. The number of rotatable bonds is 8. The number of carbonyl (C=O) groups is 1. The van der Waals surface area contributed by atoms with E-state index >= 15 is 0 Å². The summed E-state index contributed by atoms with van der Waals surface area (Å²) >= 11 is 0. The van der Waals surface area contributed by atoms with Gasteiger partial charge in [-0.2, -0.15) is 0 Å². The largest absolute Gasteiger partial charge is 0.468 e. The van der Waals surface area contributed by atoms with Crippen molar-refractivity contribution in [2.24, 2.45) is 5.92 Å². The Morgan fingerprint density at radius 2 is 2.05 bits per heavy atom. The van der Waals surface area contributed by atoms with Gasteiger partial charge >= 0.3 is 5.97 Å². The van der Waals surface area contributed by atoms with Crippen LogP contribution in [0.4, 0.5) is 0 Å². The Kier molecular flexibility index (Phi) is 7.37. The number of carbonyl (C=O) groups excluding carboxylic acids is 1. The van der Waals surface area contributed by atoms with E-state index in [0.29, 0.717) is 11.3 Å². The van der Waals surface area contributed by atoms with Crippen LogP contribution in [0.15, 0.2) is 23.5 Å². The third-order valence-corrected chi connectivity index (χ3v) is 3.54. The lowest BCUT2D eigenvalue weighted by atomic mass is 9.95. The highest BCUT2D eigenvalue weighted by Crippen LogP contribution is 2.34. The summed E-state index contributed by atoms with van der Waals surface area (Å²) in [4.78, 5) is 11.8. The fourth-order valence-corrected chi connectivity index (χ4v) is 2.44. The zero-order chi connectivity index (χ0) is 15.0. The quantitative estimate of drug-likeness (QED) is 0.388. The lowest BCUT2D eigenvalue weighted by Crippen LogP contribution is -2.23. The maximum Gasteiger partial charge on any atom is 0.337 e. The molecule has 1 aliphatic heterocycles. The summed E-state index contributed by atoms with van der Waals surface area (Å²) in [5, 5.41) is 0. The summed E-state index contributed by atoms with van der Waals surface area (Å²) in [6.07, 6.45) is 9.38. The van der Waals surface area contributed by atoms with Crippen molar-refractivity contribution in [3.8, 4) is 0 Å². The van der Waals surface area contributed by atoms with E-state index in [0.717, 1.165) is 12.8 Å². The van der Waals surface area contributed by atoms with Crippen LogP contribution in [0, 0.1) is 5.92 Å². The van der Waals surface area contributed by atoms with E-state index in [2.05, 4.69) is 19.1 Å². The minimum absolute atomic E-state index is 0.0881. The topological polar surface area (TPSA) is 44.8 Å². The minimum atomic E-state index is -0.399. The Labute approximate surface area is 121 Å². The Bertz CT molecular complexity index is 371. The Morgan fingerprint density at radius 1 is 1.30 bits per heavy atom. The lowest BCUT2D eigenvalue weighted by molar-refractivity contribution is -0.137. The molecule has 0 bridgehead atoms. The molecule has 1 aliphatic rings. The number of allylic oxidation sites excluding steroid dienone is 3. The predicted octanol–water partition coefficient (Wildman–Crippen LogP) is 3.58. The molecule has 4 nitrogen and oxygen atoms in total. The second-order valence-corrected chi connectivity index (χ2v) is 4.99. The fraction of sp³-hybridized carbons (Fsp3) is 0.688. The van der Waals surface area contributed by atoms with Crippen LogP contribution >= 0.6 is 0 Å². The van der Waals surface area contributed by atoms with Crippen molar-refractivity contribution in [3.63, 3.8) is 0 Å². The standard InChI is InChI=1S/C16H26O4/c1-5-6-7-8-9-10-11-13-14(15(17)18-3)12(2)20-16(13)19-4/h9-10,13,16H,5-8,11H2,1-4H3/b10-9+/t13-,16-/m1/s1. The molecule has 1 rings (SSSR count). The first kappa shape index (κ1) is 16.8. The molecule has 0 aliphatic carbocycles. The van der Waals surface area contributed by atoms with Crippen LogP contribution in [0.25, 0.3) is 0 Å². The molecule has 4 heteroatoms. The molecule has 0 saturated heterocycles. The van der Waals surface area contributed by atoms with Gasteiger partial charge in [-0.1, -0.05) is 31.9 Å².